The second-order valence-corrected chi connectivity index (χ2v) is 11.4. The van der Waals surface area contributed by atoms with E-state index in [-0.39, 0.29) is 22.5 Å². The second-order valence-electron chi connectivity index (χ2n) is 11.4. The van der Waals surface area contributed by atoms with Gasteiger partial charge in [0.1, 0.15) is 5.56 Å². The number of carbonyl (C=O) groups excluding carboxylic acids is 1. The predicted molar refractivity (Wildman–Crippen MR) is 146 cm³/mol. The largest absolute Gasteiger partial charge is 0.433 e. The molecule has 41 heavy (non-hydrogen) atoms. The summed E-state index contributed by atoms with van der Waals surface area (Å²) in [6, 6.07) is 17.4. The number of rotatable bonds is 5. The lowest BCUT2D eigenvalue weighted by atomic mass is 10.0. The first kappa shape index (κ1) is 26.2. The van der Waals surface area contributed by atoms with Gasteiger partial charge < -0.3 is 10.0 Å². The molecule has 2 aromatic heterocycles. The highest BCUT2D eigenvalue weighted by molar-refractivity contribution is 6.00. The molecule has 0 bridgehead atoms. The van der Waals surface area contributed by atoms with E-state index in [2.05, 4.69) is 15.0 Å². The molecular weight excluding hydrogens is 531 g/mol. The summed E-state index contributed by atoms with van der Waals surface area (Å²) in [4.78, 5) is 22.1. The van der Waals surface area contributed by atoms with Crippen molar-refractivity contribution in [2.24, 2.45) is 0 Å². The van der Waals surface area contributed by atoms with Gasteiger partial charge >= 0.3 is 6.18 Å². The van der Waals surface area contributed by atoms with Crippen molar-refractivity contribution >= 4 is 11.6 Å². The number of halogens is 3. The van der Waals surface area contributed by atoms with Crippen LogP contribution in [0.15, 0.2) is 60.8 Å². The number of hydrogen-bond donors (Lipinski definition) is 1. The number of piperazine rings is 1. The second kappa shape index (κ2) is 9.39. The quantitative estimate of drug-likeness (QED) is 0.371. The average molecular weight is 562 g/mol. The minimum Gasteiger partial charge on any atom is -0.391 e. The van der Waals surface area contributed by atoms with Crippen LogP contribution in [0.25, 0.3) is 16.9 Å². The smallest absolute Gasteiger partial charge is 0.391 e. The van der Waals surface area contributed by atoms with Gasteiger partial charge in [-0.25, -0.2) is 9.50 Å². The van der Waals surface area contributed by atoms with Crippen molar-refractivity contribution < 1.29 is 23.1 Å². The van der Waals surface area contributed by atoms with E-state index in [4.69, 9.17) is 0 Å². The number of carbonyl (C=O) groups is 1. The molecule has 2 aliphatic carbocycles. The fourth-order valence-corrected chi connectivity index (χ4v) is 6.44. The summed E-state index contributed by atoms with van der Waals surface area (Å²) in [5.74, 6) is 0.126. The molecular formula is C31H30F3N5O2. The minimum atomic E-state index is -4.69. The first-order chi connectivity index (χ1) is 19.7. The van der Waals surface area contributed by atoms with E-state index in [0.717, 1.165) is 22.9 Å². The number of fused-ring (bicyclic) bond motifs is 1. The van der Waals surface area contributed by atoms with Crippen molar-refractivity contribution in [3.63, 3.8) is 0 Å². The van der Waals surface area contributed by atoms with Crippen LogP contribution in [0, 0.1) is 6.92 Å². The molecule has 0 spiro atoms. The molecule has 4 aromatic rings. The number of aliphatic hydroxyl groups is 1. The van der Waals surface area contributed by atoms with Crippen molar-refractivity contribution in [2.45, 2.75) is 49.9 Å². The molecule has 1 aliphatic heterocycles. The number of alkyl halides is 3. The zero-order valence-corrected chi connectivity index (χ0v) is 22.6. The number of aromatic nitrogens is 3. The van der Waals surface area contributed by atoms with Crippen molar-refractivity contribution in [3.05, 3.63) is 88.7 Å². The van der Waals surface area contributed by atoms with E-state index in [9.17, 15) is 23.1 Å². The Morgan fingerprint density at radius 1 is 1.00 bits per heavy atom. The molecule has 1 amide bonds. The van der Waals surface area contributed by atoms with E-state index in [1.807, 2.05) is 54.6 Å². The van der Waals surface area contributed by atoms with Crippen LogP contribution >= 0.6 is 0 Å². The Hall–Kier alpha value is -3.76. The van der Waals surface area contributed by atoms with Crippen LogP contribution in [0.2, 0.25) is 0 Å². The number of hydrogen-bond acceptors (Lipinski definition) is 5. The molecule has 1 saturated heterocycles. The summed E-state index contributed by atoms with van der Waals surface area (Å²) in [5.41, 5.74) is 1.52. The lowest BCUT2D eigenvalue weighted by Gasteiger charge is -2.40. The number of aliphatic hydroxyl groups excluding tert-OH is 1. The molecule has 2 saturated carbocycles. The third kappa shape index (κ3) is 4.31. The van der Waals surface area contributed by atoms with E-state index >= 15 is 0 Å². The van der Waals surface area contributed by atoms with Crippen LogP contribution in [0.1, 0.15) is 57.9 Å². The van der Waals surface area contributed by atoms with Gasteiger partial charge in [0.2, 0.25) is 0 Å². The van der Waals surface area contributed by atoms with Crippen LogP contribution in [0.4, 0.5) is 13.2 Å². The Morgan fingerprint density at radius 3 is 2.24 bits per heavy atom. The first-order valence-electron chi connectivity index (χ1n) is 14.0. The lowest BCUT2D eigenvalue weighted by Crippen LogP contribution is -2.53. The summed E-state index contributed by atoms with van der Waals surface area (Å²) in [6.07, 6.45) is -1.08. The maximum Gasteiger partial charge on any atom is 0.433 e. The topological polar surface area (TPSA) is 74.0 Å². The summed E-state index contributed by atoms with van der Waals surface area (Å²) in [5, 5.41) is 14.6. The Morgan fingerprint density at radius 2 is 1.66 bits per heavy atom. The summed E-state index contributed by atoms with van der Waals surface area (Å²) < 4.78 is 43.8. The van der Waals surface area contributed by atoms with Crippen LogP contribution in [0.3, 0.4) is 0 Å². The third-order valence-corrected chi connectivity index (χ3v) is 8.92. The first-order valence-corrected chi connectivity index (χ1v) is 14.0. The molecule has 212 valence electrons. The molecule has 2 atom stereocenters. The van der Waals surface area contributed by atoms with Crippen molar-refractivity contribution in [2.75, 3.05) is 26.2 Å². The normalized spacial score (nSPS) is 23.2. The molecule has 0 radical (unpaired) electrons. The molecule has 3 fully saturated rings. The van der Waals surface area contributed by atoms with Gasteiger partial charge in [0.05, 0.1) is 23.5 Å². The molecule has 0 unspecified atom stereocenters. The monoisotopic (exact) mass is 561 g/mol. The van der Waals surface area contributed by atoms with Gasteiger partial charge in [0.25, 0.3) is 5.91 Å². The Kier molecular flexibility index (Phi) is 5.99. The molecule has 1 N–H and O–H groups in total. The van der Waals surface area contributed by atoms with E-state index < -0.39 is 29.4 Å². The number of nitrogens with zero attached hydrogens (tertiary/aromatic N) is 5. The van der Waals surface area contributed by atoms with Gasteiger partial charge in [-0.3, -0.25) is 9.69 Å². The van der Waals surface area contributed by atoms with Gasteiger partial charge in [0.15, 0.2) is 11.3 Å². The van der Waals surface area contributed by atoms with Gasteiger partial charge in [0, 0.05) is 43.7 Å². The fraction of sp³-hybridized carbons (Fsp3) is 0.387. The zero-order chi connectivity index (χ0) is 28.5. The molecule has 2 aromatic carbocycles. The highest BCUT2D eigenvalue weighted by Crippen LogP contribution is 2.51. The predicted octanol–water partition coefficient (Wildman–Crippen LogP) is 5.02. The molecule has 7 rings (SSSR count). The van der Waals surface area contributed by atoms with Gasteiger partial charge in [-0.05, 0) is 36.8 Å². The maximum absolute atomic E-state index is 14.3. The molecule has 3 heterocycles. The SMILES string of the molecule is Cc1c(-c2ccc(C3CC3)cc2)nc2c(C(=O)N3CCN([C@]4(c5ccccc5)C[C@H]4O)CC3)cnn2c1C(F)(F)F. The van der Waals surface area contributed by atoms with Gasteiger partial charge in [-0.15, -0.1) is 0 Å². The van der Waals surface area contributed by atoms with E-state index in [1.165, 1.54) is 18.7 Å². The van der Waals surface area contributed by atoms with Gasteiger partial charge in [-0.1, -0.05) is 54.6 Å². The Balaban J connectivity index is 1.19. The maximum atomic E-state index is 14.3. The third-order valence-electron chi connectivity index (χ3n) is 8.92. The number of amides is 1. The van der Waals surface area contributed by atoms with Crippen molar-refractivity contribution in [1.82, 2.24) is 24.4 Å². The van der Waals surface area contributed by atoms with Crippen LogP contribution in [-0.2, 0) is 11.7 Å². The molecule has 10 heteroatoms. The summed E-state index contributed by atoms with van der Waals surface area (Å²) >= 11 is 0. The highest BCUT2D eigenvalue weighted by atomic mass is 19.4. The fourth-order valence-electron chi connectivity index (χ4n) is 6.44. The Labute approximate surface area is 235 Å². The number of benzene rings is 2. The average Bonchev–Trinajstić information content (AvgIpc) is 3.89. The van der Waals surface area contributed by atoms with Crippen LogP contribution in [-0.4, -0.2) is 67.7 Å². The molecule has 7 nitrogen and oxygen atoms in total. The lowest BCUT2D eigenvalue weighted by molar-refractivity contribution is -0.143. The van der Waals surface area contributed by atoms with Gasteiger partial charge in [-0.2, -0.15) is 18.3 Å². The zero-order valence-electron chi connectivity index (χ0n) is 22.6. The van der Waals surface area contributed by atoms with Crippen LogP contribution in [0.5, 0.6) is 0 Å². The van der Waals surface area contributed by atoms with Crippen molar-refractivity contribution in [3.8, 4) is 11.3 Å². The van der Waals surface area contributed by atoms with E-state index in [1.54, 1.807) is 4.90 Å². The van der Waals surface area contributed by atoms with Crippen molar-refractivity contribution in [1.29, 1.82) is 0 Å². The minimum absolute atomic E-state index is 0.0333. The Bertz CT molecular complexity index is 1620. The van der Waals surface area contributed by atoms with E-state index in [0.29, 0.717) is 44.1 Å². The highest BCUT2D eigenvalue weighted by Gasteiger charge is 2.59. The van der Waals surface area contributed by atoms with Crippen LogP contribution < -0.4 is 0 Å². The molecule has 3 aliphatic rings. The summed E-state index contributed by atoms with van der Waals surface area (Å²) in [7, 11) is 0. The summed E-state index contributed by atoms with van der Waals surface area (Å²) in [6.45, 7) is 3.23. The standard InChI is InChI=1S/C31H30F3N5O2/c1-19-26(22-11-9-21(10-12-22)20-7-8-20)36-28-24(18-35-39(28)27(19)31(32,33)34)29(41)37-13-15-38(16-14-37)30(17-25(30)40)23-5-3-2-4-6-23/h2-6,9-12,18,20,25,40H,7-8,13-17H2,1H3/t25-,30+/m1/s1.